The van der Waals surface area contributed by atoms with Crippen LogP contribution >= 0.6 is 0 Å². The van der Waals surface area contributed by atoms with Crippen molar-refractivity contribution >= 4 is 23.9 Å². The topological polar surface area (TPSA) is 64.1 Å². The van der Waals surface area contributed by atoms with Crippen LogP contribution in [0, 0.1) is 0 Å². The maximum Gasteiger partial charge on any atom is 0.225 e. The number of carbonyl (C=O) groups excluding carboxylic acids is 1. The van der Waals surface area contributed by atoms with E-state index in [0.717, 1.165) is 46.7 Å². The van der Waals surface area contributed by atoms with Crippen molar-refractivity contribution in [1.82, 2.24) is 9.97 Å². The molecular formula is C30H27N3O2. The van der Waals surface area contributed by atoms with E-state index in [0.29, 0.717) is 24.4 Å². The van der Waals surface area contributed by atoms with E-state index in [-0.39, 0.29) is 5.91 Å². The van der Waals surface area contributed by atoms with Crippen LogP contribution in [0.25, 0.3) is 23.4 Å². The summed E-state index contributed by atoms with van der Waals surface area (Å²) in [6.45, 7) is 0. The molecule has 1 aliphatic rings. The lowest BCUT2D eigenvalue weighted by atomic mass is 9.91. The highest BCUT2D eigenvalue weighted by Crippen LogP contribution is 2.35. The molecule has 5 nitrogen and oxygen atoms in total. The summed E-state index contributed by atoms with van der Waals surface area (Å²) in [5.74, 6) is 1.27. The molecule has 1 heterocycles. The Labute approximate surface area is 205 Å². The maximum absolute atomic E-state index is 12.8. The lowest BCUT2D eigenvalue weighted by molar-refractivity contribution is -0.116. The van der Waals surface area contributed by atoms with E-state index >= 15 is 0 Å². The van der Waals surface area contributed by atoms with Gasteiger partial charge in [-0.05, 0) is 60.2 Å². The zero-order valence-corrected chi connectivity index (χ0v) is 19.7. The minimum Gasteiger partial charge on any atom is -0.497 e. The van der Waals surface area contributed by atoms with Gasteiger partial charge in [-0.25, -0.2) is 9.97 Å². The third-order valence-electron chi connectivity index (χ3n) is 6.17. The van der Waals surface area contributed by atoms with E-state index in [1.165, 1.54) is 5.56 Å². The Morgan fingerprint density at radius 1 is 0.943 bits per heavy atom. The standard InChI is InChI=1S/C30H27N3O2/c1-35-24-15-16-25-23(20-24)14-18-26-29(25)31-27(17-12-21-8-4-2-5-9-21)30(32-26)33-28(34)19-13-22-10-6-3-7-11-22/h2-12,15-17,20H,13-14,18-19H2,1H3,(H,32,33,34)/b17-12+. The molecule has 4 aromatic rings. The number of methoxy groups -OCH3 is 1. The summed E-state index contributed by atoms with van der Waals surface area (Å²) in [5, 5.41) is 3.03. The van der Waals surface area contributed by atoms with Crippen molar-refractivity contribution in [3.63, 3.8) is 0 Å². The minimum absolute atomic E-state index is 0.0709. The van der Waals surface area contributed by atoms with E-state index in [1.54, 1.807) is 7.11 Å². The van der Waals surface area contributed by atoms with Crippen molar-refractivity contribution < 1.29 is 9.53 Å². The molecule has 0 radical (unpaired) electrons. The Morgan fingerprint density at radius 3 is 2.49 bits per heavy atom. The number of aryl methyl sites for hydroxylation is 3. The lowest BCUT2D eigenvalue weighted by Crippen LogP contribution is -2.17. The number of hydrogen-bond donors (Lipinski definition) is 1. The number of amides is 1. The van der Waals surface area contributed by atoms with Gasteiger partial charge < -0.3 is 10.1 Å². The molecule has 0 atom stereocenters. The van der Waals surface area contributed by atoms with Crippen molar-refractivity contribution in [2.24, 2.45) is 0 Å². The highest BCUT2D eigenvalue weighted by atomic mass is 16.5. The second-order valence-electron chi connectivity index (χ2n) is 8.55. The van der Waals surface area contributed by atoms with Gasteiger partial charge in [-0.3, -0.25) is 4.79 Å². The zero-order valence-electron chi connectivity index (χ0n) is 19.7. The number of hydrogen-bond acceptors (Lipinski definition) is 4. The van der Waals surface area contributed by atoms with Crippen LogP contribution < -0.4 is 10.1 Å². The van der Waals surface area contributed by atoms with E-state index in [1.807, 2.05) is 84.9 Å². The van der Waals surface area contributed by atoms with Gasteiger partial charge in [0.15, 0.2) is 5.82 Å². The first-order chi connectivity index (χ1) is 17.2. The molecule has 0 saturated heterocycles. The number of ether oxygens (including phenoxy) is 1. The van der Waals surface area contributed by atoms with Crippen molar-refractivity contribution in [3.8, 4) is 17.0 Å². The fourth-order valence-electron chi connectivity index (χ4n) is 4.31. The molecule has 0 unspecified atom stereocenters. The Kier molecular flexibility index (Phi) is 6.66. The molecule has 0 fully saturated rings. The molecule has 0 aliphatic heterocycles. The summed E-state index contributed by atoms with van der Waals surface area (Å²) >= 11 is 0. The number of anilines is 1. The van der Waals surface area contributed by atoms with E-state index in [9.17, 15) is 4.79 Å². The smallest absolute Gasteiger partial charge is 0.225 e. The van der Waals surface area contributed by atoms with Crippen molar-refractivity contribution in [2.45, 2.75) is 25.7 Å². The van der Waals surface area contributed by atoms with Gasteiger partial charge in [0.2, 0.25) is 5.91 Å². The van der Waals surface area contributed by atoms with Crippen LogP contribution in [0.4, 0.5) is 5.82 Å². The molecule has 0 bridgehead atoms. The van der Waals surface area contributed by atoms with E-state index < -0.39 is 0 Å². The van der Waals surface area contributed by atoms with Crippen LogP contribution in [0.5, 0.6) is 5.75 Å². The van der Waals surface area contributed by atoms with Gasteiger partial charge in [-0.2, -0.15) is 0 Å². The van der Waals surface area contributed by atoms with E-state index in [2.05, 4.69) is 11.4 Å². The van der Waals surface area contributed by atoms with Gasteiger partial charge in [0, 0.05) is 12.0 Å². The second-order valence-corrected chi connectivity index (χ2v) is 8.55. The SMILES string of the molecule is COc1ccc2c(c1)CCc1nc(NC(=O)CCc3ccccc3)c(/C=C/c3ccccc3)nc1-2. The third-order valence-corrected chi connectivity index (χ3v) is 6.17. The number of nitrogens with one attached hydrogen (secondary N) is 1. The molecular weight excluding hydrogens is 434 g/mol. The predicted octanol–water partition coefficient (Wildman–Crippen LogP) is 5.99. The van der Waals surface area contributed by atoms with Crippen LogP contribution in [-0.4, -0.2) is 23.0 Å². The highest BCUT2D eigenvalue weighted by molar-refractivity contribution is 5.92. The normalized spacial score (nSPS) is 12.1. The largest absolute Gasteiger partial charge is 0.497 e. The quantitative estimate of drug-likeness (QED) is 0.367. The van der Waals surface area contributed by atoms with E-state index in [4.69, 9.17) is 14.7 Å². The lowest BCUT2D eigenvalue weighted by Gasteiger charge is -2.21. The number of benzene rings is 3. The molecule has 1 aliphatic carbocycles. The van der Waals surface area contributed by atoms with Crippen LogP contribution in [0.3, 0.4) is 0 Å². The number of nitrogens with zero attached hydrogens (tertiary/aromatic N) is 2. The van der Waals surface area contributed by atoms with Gasteiger partial charge in [0.1, 0.15) is 11.4 Å². The van der Waals surface area contributed by atoms with Crippen molar-refractivity contribution in [3.05, 3.63) is 107 Å². The molecule has 1 amide bonds. The molecule has 1 aromatic heterocycles. The van der Waals surface area contributed by atoms with Crippen LogP contribution in [0.2, 0.25) is 0 Å². The average Bonchev–Trinajstić information content (AvgIpc) is 2.91. The molecule has 0 saturated carbocycles. The monoisotopic (exact) mass is 461 g/mol. The first-order valence-corrected chi connectivity index (χ1v) is 11.8. The van der Waals surface area contributed by atoms with Crippen molar-refractivity contribution in [2.75, 3.05) is 12.4 Å². The first kappa shape index (κ1) is 22.5. The number of fused-ring (bicyclic) bond motifs is 3. The number of aromatic nitrogens is 2. The summed E-state index contributed by atoms with van der Waals surface area (Å²) in [6, 6.07) is 26.1. The fourth-order valence-corrected chi connectivity index (χ4v) is 4.31. The maximum atomic E-state index is 12.8. The minimum atomic E-state index is -0.0709. The molecule has 5 heteroatoms. The Balaban J connectivity index is 1.46. The second kappa shape index (κ2) is 10.3. The summed E-state index contributed by atoms with van der Waals surface area (Å²) in [5.41, 5.74) is 6.86. The molecule has 1 N–H and O–H groups in total. The summed E-state index contributed by atoms with van der Waals surface area (Å²) in [4.78, 5) is 22.7. The summed E-state index contributed by atoms with van der Waals surface area (Å²) in [7, 11) is 1.68. The Bertz CT molecular complexity index is 1370. The highest BCUT2D eigenvalue weighted by Gasteiger charge is 2.22. The van der Waals surface area contributed by atoms with Gasteiger partial charge >= 0.3 is 0 Å². The zero-order chi connectivity index (χ0) is 24.0. The molecule has 35 heavy (non-hydrogen) atoms. The Hall–Kier alpha value is -4.25. The summed E-state index contributed by atoms with van der Waals surface area (Å²) in [6.07, 6.45) is 6.59. The van der Waals surface area contributed by atoms with Crippen molar-refractivity contribution in [1.29, 1.82) is 0 Å². The molecule has 0 spiro atoms. The van der Waals surface area contributed by atoms with Gasteiger partial charge in [0.25, 0.3) is 0 Å². The fraction of sp³-hybridized carbons (Fsp3) is 0.167. The first-order valence-electron chi connectivity index (χ1n) is 11.8. The third kappa shape index (κ3) is 5.30. The Morgan fingerprint density at radius 2 is 1.71 bits per heavy atom. The predicted molar refractivity (Wildman–Crippen MR) is 140 cm³/mol. The number of carbonyl (C=O) groups is 1. The molecule has 5 rings (SSSR count). The van der Waals surface area contributed by atoms with Gasteiger partial charge in [-0.1, -0.05) is 66.7 Å². The van der Waals surface area contributed by atoms with Gasteiger partial charge in [-0.15, -0.1) is 0 Å². The van der Waals surface area contributed by atoms with Crippen LogP contribution in [0.1, 0.15) is 34.5 Å². The average molecular weight is 462 g/mol. The molecule has 174 valence electrons. The summed E-state index contributed by atoms with van der Waals surface area (Å²) < 4.78 is 5.40. The van der Waals surface area contributed by atoms with Crippen LogP contribution in [0.15, 0.2) is 78.9 Å². The van der Waals surface area contributed by atoms with Gasteiger partial charge in [0.05, 0.1) is 18.5 Å². The molecule has 3 aromatic carbocycles. The number of rotatable bonds is 7. The van der Waals surface area contributed by atoms with Crippen LogP contribution in [-0.2, 0) is 24.1 Å².